The predicted molar refractivity (Wildman–Crippen MR) is 86.5 cm³/mol. The molecule has 0 aliphatic carbocycles. The van der Waals surface area contributed by atoms with Crippen LogP contribution < -0.4 is 0 Å². The molecule has 4 heteroatoms. The predicted octanol–water partition coefficient (Wildman–Crippen LogP) is 4.79. The summed E-state index contributed by atoms with van der Waals surface area (Å²) in [6, 6.07) is 19.0. The van der Waals surface area contributed by atoms with Crippen LogP contribution in [0.5, 0.6) is 0 Å². The van der Waals surface area contributed by atoms with Crippen molar-refractivity contribution in [1.82, 2.24) is 0 Å². The average molecular weight is 306 g/mol. The highest BCUT2D eigenvalue weighted by atomic mass is 16.4. The number of hydrogen-bond donors (Lipinski definition) is 1. The summed E-state index contributed by atoms with van der Waals surface area (Å²) < 4.78 is 11.7. The lowest BCUT2D eigenvalue weighted by molar-refractivity contribution is -0.137. The number of carboxylic acid groups (broad SMARTS) is 1. The van der Waals surface area contributed by atoms with Gasteiger partial charge in [-0.1, -0.05) is 36.4 Å². The van der Waals surface area contributed by atoms with E-state index in [2.05, 4.69) is 0 Å². The first kappa shape index (κ1) is 13.6. The minimum atomic E-state index is -0.893. The van der Waals surface area contributed by atoms with E-state index in [-0.39, 0.29) is 6.42 Å². The monoisotopic (exact) mass is 306 g/mol. The number of para-hydroxylation sites is 2. The highest BCUT2D eigenvalue weighted by Crippen LogP contribution is 2.35. The fraction of sp³-hybridized carbons (Fsp3) is 0.105. The zero-order valence-electron chi connectivity index (χ0n) is 12.2. The number of fused-ring (bicyclic) bond motifs is 2. The molecule has 2 aromatic heterocycles. The third-order valence-electron chi connectivity index (χ3n) is 3.95. The van der Waals surface area contributed by atoms with Crippen LogP contribution >= 0.6 is 0 Å². The molecule has 0 fully saturated rings. The molecule has 0 atom stereocenters. The molecule has 0 radical (unpaired) electrons. The Hall–Kier alpha value is -3.01. The maximum atomic E-state index is 11.3. The maximum Gasteiger partial charge on any atom is 0.304 e. The fourth-order valence-electron chi connectivity index (χ4n) is 2.86. The first-order valence-electron chi connectivity index (χ1n) is 7.39. The third-order valence-corrected chi connectivity index (χ3v) is 3.95. The van der Waals surface area contributed by atoms with Crippen LogP contribution in [-0.4, -0.2) is 11.1 Å². The summed E-state index contributed by atoms with van der Waals surface area (Å²) in [7, 11) is 0. The molecule has 4 nitrogen and oxygen atoms in total. The van der Waals surface area contributed by atoms with E-state index in [1.54, 1.807) is 0 Å². The first-order valence-corrected chi connectivity index (χ1v) is 7.39. The van der Waals surface area contributed by atoms with Crippen molar-refractivity contribution in [2.75, 3.05) is 0 Å². The lowest BCUT2D eigenvalue weighted by Crippen LogP contribution is -2.06. The molecule has 0 spiro atoms. The standard InChI is InChI=1S/C19H14O4/c20-19(21)11-14(17-9-12-5-1-3-7-15(12)22-17)18-10-13-6-2-4-8-16(13)23-18/h1-10,14H,11H2,(H,20,21). The quantitative estimate of drug-likeness (QED) is 0.589. The SMILES string of the molecule is O=C(O)CC(c1cc2ccccc2o1)c1cc2ccccc2o1. The van der Waals surface area contributed by atoms with E-state index in [4.69, 9.17) is 8.83 Å². The lowest BCUT2D eigenvalue weighted by Gasteiger charge is -2.08. The first-order chi connectivity index (χ1) is 11.2. The number of benzene rings is 2. The molecule has 2 heterocycles. The van der Waals surface area contributed by atoms with Crippen LogP contribution in [0.1, 0.15) is 23.9 Å². The second-order valence-corrected chi connectivity index (χ2v) is 5.52. The van der Waals surface area contributed by atoms with Crippen molar-refractivity contribution in [2.24, 2.45) is 0 Å². The number of rotatable bonds is 4. The number of hydrogen-bond acceptors (Lipinski definition) is 3. The van der Waals surface area contributed by atoms with Gasteiger partial charge in [0.05, 0.1) is 12.3 Å². The summed E-state index contributed by atoms with van der Waals surface area (Å²) in [5.74, 6) is -0.136. The van der Waals surface area contributed by atoms with E-state index in [9.17, 15) is 9.90 Å². The zero-order chi connectivity index (χ0) is 15.8. The van der Waals surface area contributed by atoms with Crippen LogP contribution in [0, 0.1) is 0 Å². The van der Waals surface area contributed by atoms with Crippen molar-refractivity contribution in [3.63, 3.8) is 0 Å². The van der Waals surface area contributed by atoms with Gasteiger partial charge in [-0.25, -0.2) is 0 Å². The summed E-state index contributed by atoms with van der Waals surface area (Å²) >= 11 is 0. The maximum absolute atomic E-state index is 11.3. The summed E-state index contributed by atoms with van der Waals surface area (Å²) in [5, 5.41) is 11.2. The summed E-state index contributed by atoms with van der Waals surface area (Å²) in [6.45, 7) is 0. The van der Waals surface area contributed by atoms with Crippen molar-refractivity contribution in [2.45, 2.75) is 12.3 Å². The van der Waals surface area contributed by atoms with Gasteiger partial charge in [0.15, 0.2) is 0 Å². The third kappa shape index (κ3) is 2.48. The molecule has 0 saturated carbocycles. The van der Waals surface area contributed by atoms with Gasteiger partial charge in [-0.05, 0) is 24.3 Å². The van der Waals surface area contributed by atoms with Crippen LogP contribution in [0.25, 0.3) is 21.9 Å². The van der Waals surface area contributed by atoms with E-state index >= 15 is 0 Å². The van der Waals surface area contributed by atoms with Gasteiger partial charge >= 0.3 is 5.97 Å². The van der Waals surface area contributed by atoms with Crippen LogP contribution in [0.15, 0.2) is 69.5 Å². The Labute approximate surface area is 131 Å². The largest absolute Gasteiger partial charge is 0.481 e. The van der Waals surface area contributed by atoms with Crippen molar-refractivity contribution in [3.8, 4) is 0 Å². The number of carbonyl (C=O) groups is 1. The molecular weight excluding hydrogens is 292 g/mol. The minimum absolute atomic E-state index is 0.0837. The van der Waals surface area contributed by atoms with E-state index in [1.165, 1.54) is 0 Å². The molecule has 114 valence electrons. The van der Waals surface area contributed by atoms with Crippen molar-refractivity contribution in [1.29, 1.82) is 0 Å². The summed E-state index contributed by atoms with van der Waals surface area (Å²) in [4.78, 5) is 11.3. The Kier molecular flexibility index (Phi) is 3.15. The van der Waals surface area contributed by atoms with Crippen LogP contribution in [0.4, 0.5) is 0 Å². The van der Waals surface area contributed by atoms with Gasteiger partial charge in [0.25, 0.3) is 0 Å². The Morgan fingerprint density at radius 1 is 0.870 bits per heavy atom. The molecule has 23 heavy (non-hydrogen) atoms. The van der Waals surface area contributed by atoms with Gasteiger partial charge in [0.2, 0.25) is 0 Å². The molecule has 1 N–H and O–H groups in total. The molecule has 4 aromatic rings. The fourth-order valence-corrected chi connectivity index (χ4v) is 2.86. The van der Waals surface area contributed by atoms with E-state index < -0.39 is 11.9 Å². The Morgan fingerprint density at radius 3 is 1.78 bits per heavy atom. The molecule has 0 aliphatic heterocycles. The van der Waals surface area contributed by atoms with Gasteiger partial charge in [-0.3, -0.25) is 4.79 Å². The zero-order valence-corrected chi connectivity index (χ0v) is 12.2. The topological polar surface area (TPSA) is 63.6 Å². The molecule has 4 rings (SSSR count). The van der Waals surface area contributed by atoms with Crippen LogP contribution in [0.3, 0.4) is 0 Å². The number of aliphatic carboxylic acids is 1. The van der Waals surface area contributed by atoms with Crippen LogP contribution in [0.2, 0.25) is 0 Å². The van der Waals surface area contributed by atoms with Crippen molar-refractivity contribution >= 4 is 27.9 Å². The Balaban J connectivity index is 1.84. The van der Waals surface area contributed by atoms with Crippen molar-refractivity contribution in [3.05, 3.63) is 72.2 Å². The highest BCUT2D eigenvalue weighted by molar-refractivity contribution is 5.80. The molecular formula is C19H14O4. The number of carboxylic acids is 1. The molecule has 0 aliphatic rings. The van der Waals surface area contributed by atoms with Gasteiger partial charge in [0.1, 0.15) is 22.7 Å². The van der Waals surface area contributed by atoms with Gasteiger partial charge in [0, 0.05) is 10.8 Å². The second-order valence-electron chi connectivity index (χ2n) is 5.52. The smallest absolute Gasteiger partial charge is 0.304 e. The summed E-state index contributed by atoms with van der Waals surface area (Å²) in [5.41, 5.74) is 1.49. The minimum Gasteiger partial charge on any atom is -0.481 e. The van der Waals surface area contributed by atoms with Crippen molar-refractivity contribution < 1.29 is 18.7 Å². The van der Waals surface area contributed by atoms with E-state index in [0.717, 1.165) is 21.9 Å². The summed E-state index contributed by atoms with van der Waals surface area (Å²) in [6.07, 6.45) is -0.0837. The molecule has 0 bridgehead atoms. The Bertz CT molecular complexity index is 853. The average Bonchev–Trinajstić information content (AvgIpc) is 3.15. The molecule has 0 saturated heterocycles. The van der Waals surface area contributed by atoms with Gasteiger partial charge in [-0.2, -0.15) is 0 Å². The van der Waals surface area contributed by atoms with E-state index in [1.807, 2.05) is 60.7 Å². The lowest BCUT2D eigenvalue weighted by atomic mass is 9.99. The Morgan fingerprint density at radius 2 is 1.35 bits per heavy atom. The van der Waals surface area contributed by atoms with Crippen LogP contribution in [-0.2, 0) is 4.79 Å². The second kappa shape index (κ2) is 5.32. The molecule has 2 aromatic carbocycles. The molecule has 0 amide bonds. The number of furan rings is 2. The molecule has 0 unspecified atom stereocenters. The van der Waals surface area contributed by atoms with Gasteiger partial charge in [-0.15, -0.1) is 0 Å². The normalized spacial score (nSPS) is 11.5. The van der Waals surface area contributed by atoms with E-state index in [0.29, 0.717) is 11.5 Å². The van der Waals surface area contributed by atoms with Gasteiger partial charge < -0.3 is 13.9 Å². The highest BCUT2D eigenvalue weighted by Gasteiger charge is 2.25.